The van der Waals surface area contributed by atoms with Crippen molar-refractivity contribution in [2.75, 3.05) is 44.2 Å². The van der Waals surface area contributed by atoms with Crippen molar-refractivity contribution in [3.63, 3.8) is 0 Å². The van der Waals surface area contributed by atoms with E-state index in [0.717, 1.165) is 75.9 Å². The molecule has 7 nitrogen and oxygen atoms in total. The Morgan fingerprint density at radius 1 is 1.00 bits per heavy atom. The smallest absolute Gasteiger partial charge is 0.233 e. The van der Waals surface area contributed by atoms with Crippen LogP contribution in [0.1, 0.15) is 17.0 Å². The van der Waals surface area contributed by atoms with Crippen LogP contribution in [0.25, 0.3) is 5.00 Å². The molecule has 1 fully saturated rings. The minimum absolute atomic E-state index is 0.453. The van der Waals surface area contributed by atoms with Gasteiger partial charge in [-0.05, 0) is 40.2 Å². The van der Waals surface area contributed by atoms with Gasteiger partial charge in [-0.3, -0.25) is 9.56 Å². The Hall–Kier alpha value is -2.72. The lowest BCUT2D eigenvalue weighted by Gasteiger charge is -2.32. The highest BCUT2D eigenvalue weighted by molar-refractivity contribution is 9.11. The third kappa shape index (κ3) is 4.68. The molecule has 0 unspecified atom stereocenters. The van der Waals surface area contributed by atoms with E-state index in [9.17, 15) is 0 Å². The van der Waals surface area contributed by atoms with Crippen LogP contribution in [-0.4, -0.2) is 59.8 Å². The van der Waals surface area contributed by atoms with Gasteiger partial charge in [-0.15, -0.1) is 21.5 Å². The lowest BCUT2D eigenvalue weighted by molar-refractivity contribution is -0.900. The second-order valence-electron chi connectivity index (χ2n) is 8.81. The molecule has 1 saturated heterocycles. The highest BCUT2D eigenvalue weighted by Crippen LogP contribution is 2.38. The topological polar surface area (TPSA) is 60.0 Å². The number of nitrogens with zero attached hydrogens (tertiary/aromatic N) is 5. The average Bonchev–Trinajstić information content (AvgIpc) is 3.46. The van der Waals surface area contributed by atoms with Crippen LogP contribution in [0.2, 0.25) is 5.02 Å². The molecule has 184 valence electrons. The summed E-state index contributed by atoms with van der Waals surface area (Å²) < 4.78 is 9.12. The molecule has 36 heavy (non-hydrogen) atoms. The van der Waals surface area contributed by atoms with E-state index in [-0.39, 0.29) is 0 Å². The molecule has 0 saturated carbocycles. The Bertz CT molecular complexity index is 1400. The molecule has 0 bridgehead atoms. The van der Waals surface area contributed by atoms with Crippen molar-refractivity contribution in [2.24, 2.45) is 4.99 Å². The molecule has 2 aromatic carbocycles. The van der Waals surface area contributed by atoms with Gasteiger partial charge in [-0.1, -0.05) is 48.0 Å². The fraction of sp³-hybridized carbons (Fsp3) is 0.269. The number of hydrogen-bond acceptors (Lipinski definition) is 6. The van der Waals surface area contributed by atoms with Crippen molar-refractivity contribution < 1.29 is 9.64 Å². The van der Waals surface area contributed by atoms with E-state index >= 15 is 0 Å². The number of nitrogens with one attached hydrogen (secondary N) is 1. The molecule has 6 rings (SSSR count). The standard InChI is InChI=1S/C26H24BrClN6OS/c27-22-16-20-24(19-8-4-5-9-21(19)28)29-17-23-30-31-26(34(23)25(20)36-22)33-12-10-32(11-13-33)14-15-35-18-6-2-1-3-7-18/h1-9,16H,10-15,17H2/p+1. The number of ether oxygens (including phenoxy) is 1. The molecule has 2 aliphatic heterocycles. The Kier molecular flexibility index (Phi) is 6.79. The number of rotatable bonds is 6. The number of para-hydroxylation sites is 1. The van der Waals surface area contributed by atoms with Crippen LogP contribution in [-0.2, 0) is 6.54 Å². The Morgan fingerprint density at radius 3 is 2.58 bits per heavy atom. The van der Waals surface area contributed by atoms with Crippen LogP contribution in [0.5, 0.6) is 5.75 Å². The predicted octanol–water partition coefficient (Wildman–Crippen LogP) is 3.88. The van der Waals surface area contributed by atoms with Crippen LogP contribution in [0.3, 0.4) is 0 Å². The molecule has 0 spiro atoms. The SMILES string of the molecule is Clc1ccccc1C1=NCc2nnc(N3CC[NH+](CCOc4ccccc4)CC3)n2-c2sc(Br)cc21. The maximum absolute atomic E-state index is 6.56. The molecule has 0 amide bonds. The normalized spacial score (nSPS) is 15.7. The van der Waals surface area contributed by atoms with Crippen molar-refractivity contribution >= 4 is 50.5 Å². The van der Waals surface area contributed by atoms with E-state index in [1.165, 1.54) is 0 Å². The number of thiophene rings is 1. The lowest BCUT2D eigenvalue weighted by Crippen LogP contribution is -3.15. The Morgan fingerprint density at radius 2 is 1.78 bits per heavy atom. The second kappa shape index (κ2) is 10.3. The number of aromatic nitrogens is 3. The van der Waals surface area contributed by atoms with Gasteiger partial charge in [0.15, 0.2) is 5.82 Å². The van der Waals surface area contributed by atoms with E-state index in [2.05, 4.69) is 41.7 Å². The quantitative estimate of drug-likeness (QED) is 0.374. The van der Waals surface area contributed by atoms with Crippen molar-refractivity contribution in [3.8, 4) is 10.8 Å². The molecule has 4 aromatic rings. The summed E-state index contributed by atoms with van der Waals surface area (Å²) in [5, 5.41) is 10.9. The molecule has 4 heterocycles. The first-order chi connectivity index (χ1) is 17.7. The van der Waals surface area contributed by atoms with E-state index in [1.807, 2.05) is 54.6 Å². The number of benzene rings is 2. The highest BCUT2D eigenvalue weighted by atomic mass is 79.9. The fourth-order valence-corrected chi connectivity index (χ4v) is 6.55. The number of halogens is 2. The van der Waals surface area contributed by atoms with Gasteiger partial charge in [0.25, 0.3) is 0 Å². The molecule has 0 atom stereocenters. The second-order valence-corrected chi connectivity index (χ2v) is 11.6. The van der Waals surface area contributed by atoms with Gasteiger partial charge in [0.2, 0.25) is 5.95 Å². The van der Waals surface area contributed by atoms with E-state index in [0.29, 0.717) is 18.2 Å². The molecular weight excluding hydrogens is 560 g/mol. The third-order valence-electron chi connectivity index (χ3n) is 6.58. The zero-order chi connectivity index (χ0) is 24.5. The summed E-state index contributed by atoms with van der Waals surface area (Å²) >= 11 is 11.9. The number of piperazine rings is 1. The maximum Gasteiger partial charge on any atom is 0.233 e. The first-order valence-electron chi connectivity index (χ1n) is 12.0. The molecule has 0 radical (unpaired) electrons. The van der Waals surface area contributed by atoms with Crippen LogP contribution in [0, 0.1) is 0 Å². The largest absolute Gasteiger partial charge is 0.488 e. The van der Waals surface area contributed by atoms with Crippen molar-refractivity contribution in [1.82, 2.24) is 14.8 Å². The van der Waals surface area contributed by atoms with Crippen LogP contribution in [0.4, 0.5) is 5.95 Å². The summed E-state index contributed by atoms with van der Waals surface area (Å²) in [6, 6.07) is 20.0. The molecule has 0 aliphatic carbocycles. The number of aliphatic imine (C=N–C) groups is 1. The first kappa shape index (κ1) is 23.7. The van der Waals surface area contributed by atoms with E-state index in [4.69, 9.17) is 21.3 Å². The molecule has 1 N–H and O–H groups in total. The summed E-state index contributed by atoms with van der Waals surface area (Å²) in [6.45, 7) is 6.05. The van der Waals surface area contributed by atoms with Gasteiger partial charge >= 0.3 is 0 Å². The summed E-state index contributed by atoms with van der Waals surface area (Å²) in [7, 11) is 0. The molecule has 2 aromatic heterocycles. The lowest BCUT2D eigenvalue weighted by atomic mass is 10.0. The molecular formula is C26H25BrClN6OS+. The number of hydrogen-bond donors (Lipinski definition) is 1. The van der Waals surface area contributed by atoms with Crippen LogP contribution >= 0.6 is 38.9 Å². The van der Waals surface area contributed by atoms with E-state index < -0.39 is 0 Å². The predicted molar refractivity (Wildman–Crippen MR) is 147 cm³/mol. The Labute approximate surface area is 227 Å². The minimum Gasteiger partial charge on any atom is -0.488 e. The van der Waals surface area contributed by atoms with Crippen molar-refractivity contribution in [3.05, 3.63) is 86.4 Å². The van der Waals surface area contributed by atoms with Crippen molar-refractivity contribution in [2.45, 2.75) is 6.54 Å². The summed E-state index contributed by atoms with van der Waals surface area (Å²) in [5.41, 5.74) is 2.87. The van der Waals surface area contributed by atoms with Gasteiger partial charge in [-0.2, -0.15) is 0 Å². The van der Waals surface area contributed by atoms with Crippen LogP contribution in [0.15, 0.2) is 69.4 Å². The highest BCUT2D eigenvalue weighted by Gasteiger charge is 2.30. The minimum atomic E-state index is 0.453. The summed E-state index contributed by atoms with van der Waals surface area (Å²) in [5.74, 6) is 2.66. The average molecular weight is 585 g/mol. The zero-order valence-corrected chi connectivity index (χ0v) is 22.7. The van der Waals surface area contributed by atoms with E-state index in [1.54, 1.807) is 16.2 Å². The zero-order valence-electron chi connectivity index (χ0n) is 19.5. The van der Waals surface area contributed by atoms with Gasteiger partial charge < -0.3 is 14.5 Å². The van der Waals surface area contributed by atoms with Crippen molar-refractivity contribution in [1.29, 1.82) is 0 Å². The fourth-order valence-electron chi connectivity index (χ4n) is 4.73. The van der Waals surface area contributed by atoms with Gasteiger partial charge in [0, 0.05) is 16.1 Å². The maximum atomic E-state index is 6.56. The molecule has 2 aliphatic rings. The third-order valence-corrected chi connectivity index (χ3v) is 8.53. The van der Waals surface area contributed by atoms with Gasteiger partial charge in [0.05, 0.1) is 35.7 Å². The summed E-state index contributed by atoms with van der Waals surface area (Å²) in [6.07, 6.45) is 0. The number of fused-ring (bicyclic) bond motifs is 3. The Balaban J connectivity index is 1.20. The number of quaternary nitrogens is 1. The van der Waals surface area contributed by atoms with Gasteiger partial charge in [0.1, 0.15) is 30.4 Å². The monoisotopic (exact) mass is 583 g/mol. The van der Waals surface area contributed by atoms with Gasteiger partial charge in [-0.25, -0.2) is 0 Å². The summed E-state index contributed by atoms with van der Waals surface area (Å²) in [4.78, 5) is 8.82. The van der Waals surface area contributed by atoms with Crippen LogP contribution < -0.4 is 14.5 Å². The first-order valence-corrected chi connectivity index (χ1v) is 14.0. The number of anilines is 1. The molecule has 10 heteroatoms.